The van der Waals surface area contributed by atoms with Crippen molar-refractivity contribution in [3.05, 3.63) is 35.4 Å². The maximum Gasteiger partial charge on any atom is 0.408 e. The molecule has 2 fully saturated rings. The maximum absolute atomic E-state index is 12.7. The monoisotopic (exact) mass is 426 g/mol. The summed E-state index contributed by atoms with van der Waals surface area (Å²) in [6.45, 7) is 5.50. The fourth-order valence-electron chi connectivity index (χ4n) is 4.70. The molecule has 0 aromatic heterocycles. The van der Waals surface area contributed by atoms with Gasteiger partial charge in [-0.05, 0) is 57.6 Å². The SMILES string of the molecule is CC(C)(C)OC(=O)N[C@@H](CC1CCCCC1)[C@@H]1C[C@@H](Cc2ccccc2C#N)C(=O)O1. The molecule has 2 aliphatic rings. The van der Waals surface area contributed by atoms with Gasteiger partial charge < -0.3 is 14.8 Å². The van der Waals surface area contributed by atoms with Crippen molar-refractivity contribution in [3.8, 4) is 6.07 Å². The van der Waals surface area contributed by atoms with E-state index in [1.807, 2.05) is 39.0 Å². The molecule has 6 nitrogen and oxygen atoms in total. The number of nitrogens with zero attached hydrogens (tertiary/aromatic N) is 1. The predicted octanol–water partition coefficient (Wildman–Crippen LogP) is 4.90. The largest absolute Gasteiger partial charge is 0.460 e. The van der Waals surface area contributed by atoms with Crippen LogP contribution in [0.3, 0.4) is 0 Å². The number of hydrogen-bond donors (Lipinski definition) is 1. The van der Waals surface area contributed by atoms with Crippen molar-refractivity contribution in [2.45, 2.75) is 89.9 Å². The number of carbonyl (C=O) groups is 2. The van der Waals surface area contributed by atoms with Crippen molar-refractivity contribution < 1.29 is 19.1 Å². The minimum atomic E-state index is -0.588. The van der Waals surface area contributed by atoms with E-state index in [1.165, 1.54) is 19.3 Å². The molecule has 1 N–H and O–H groups in total. The highest BCUT2D eigenvalue weighted by molar-refractivity contribution is 5.75. The van der Waals surface area contributed by atoms with Gasteiger partial charge in [-0.2, -0.15) is 5.26 Å². The lowest BCUT2D eigenvalue weighted by molar-refractivity contribution is -0.145. The van der Waals surface area contributed by atoms with Crippen LogP contribution in [0, 0.1) is 23.2 Å². The lowest BCUT2D eigenvalue weighted by Gasteiger charge is -2.30. The summed E-state index contributed by atoms with van der Waals surface area (Å²) in [6, 6.07) is 9.28. The van der Waals surface area contributed by atoms with Crippen molar-refractivity contribution >= 4 is 12.1 Å². The zero-order chi connectivity index (χ0) is 22.4. The Morgan fingerprint density at radius 1 is 1.26 bits per heavy atom. The van der Waals surface area contributed by atoms with Gasteiger partial charge in [0.25, 0.3) is 0 Å². The predicted molar refractivity (Wildman–Crippen MR) is 117 cm³/mol. The second-order valence-electron chi connectivity index (χ2n) is 9.87. The van der Waals surface area contributed by atoms with Gasteiger partial charge in [-0.3, -0.25) is 4.79 Å². The highest BCUT2D eigenvalue weighted by Gasteiger charge is 2.41. The number of carbonyl (C=O) groups excluding carboxylic acids is 2. The number of ether oxygens (including phenoxy) is 2. The average Bonchev–Trinajstić information content (AvgIpc) is 3.07. The zero-order valence-electron chi connectivity index (χ0n) is 18.9. The fourth-order valence-corrected chi connectivity index (χ4v) is 4.70. The van der Waals surface area contributed by atoms with Gasteiger partial charge in [0.15, 0.2) is 0 Å². The molecule has 1 heterocycles. The van der Waals surface area contributed by atoms with Crippen molar-refractivity contribution in [2.75, 3.05) is 0 Å². The van der Waals surface area contributed by atoms with Gasteiger partial charge in [-0.15, -0.1) is 0 Å². The number of benzene rings is 1. The quantitative estimate of drug-likeness (QED) is 0.654. The third-order valence-electron chi connectivity index (χ3n) is 6.18. The Morgan fingerprint density at radius 3 is 2.65 bits per heavy atom. The van der Waals surface area contributed by atoms with E-state index in [0.717, 1.165) is 24.8 Å². The van der Waals surface area contributed by atoms with Crippen LogP contribution in [0.5, 0.6) is 0 Å². The van der Waals surface area contributed by atoms with Crippen LogP contribution < -0.4 is 5.32 Å². The molecule has 3 rings (SSSR count). The van der Waals surface area contributed by atoms with Gasteiger partial charge in [-0.1, -0.05) is 50.3 Å². The van der Waals surface area contributed by atoms with E-state index in [4.69, 9.17) is 9.47 Å². The van der Waals surface area contributed by atoms with Crippen molar-refractivity contribution in [2.24, 2.45) is 11.8 Å². The van der Waals surface area contributed by atoms with Crippen LogP contribution in [0.15, 0.2) is 24.3 Å². The van der Waals surface area contributed by atoms with E-state index in [1.54, 1.807) is 6.07 Å². The van der Waals surface area contributed by atoms with Crippen molar-refractivity contribution in [1.82, 2.24) is 5.32 Å². The smallest absolute Gasteiger partial charge is 0.408 e. The van der Waals surface area contributed by atoms with E-state index >= 15 is 0 Å². The Labute approximate surface area is 185 Å². The number of nitriles is 1. The zero-order valence-corrected chi connectivity index (χ0v) is 18.9. The van der Waals surface area contributed by atoms with Crippen LogP contribution in [-0.2, 0) is 20.7 Å². The second kappa shape index (κ2) is 10.2. The van der Waals surface area contributed by atoms with Crippen molar-refractivity contribution in [3.63, 3.8) is 0 Å². The fraction of sp³-hybridized carbons (Fsp3) is 0.640. The lowest BCUT2D eigenvalue weighted by Crippen LogP contribution is -2.46. The van der Waals surface area contributed by atoms with E-state index in [2.05, 4.69) is 11.4 Å². The minimum Gasteiger partial charge on any atom is -0.460 e. The first-order chi connectivity index (χ1) is 14.7. The second-order valence-corrected chi connectivity index (χ2v) is 9.87. The molecule has 0 spiro atoms. The molecule has 6 heteroatoms. The third kappa shape index (κ3) is 6.72. The molecule has 1 saturated carbocycles. The number of rotatable bonds is 6. The van der Waals surface area contributed by atoms with Crippen LogP contribution in [0.25, 0.3) is 0 Å². The summed E-state index contributed by atoms with van der Waals surface area (Å²) in [6.07, 6.45) is 6.93. The van der Waals surface area contributed by atoms with E-state index < -0.39 is 11.7 Å². The first kappa shape index (κ1) is 23.1. The normalized spacial score (nSPS) is 23.0. The van der Waals surface area contributed by atoms with Gasteiger partial charge >= 0.3 is 12.1 Å². The van der Waals surface area contributed by atoms with Gasteiger partial charge in [0.2, 0.25) is 0 Å². The molecule has 1 aromatic carbocycles. The summed E-state index contributed by atoms with van der Waals surface area (Å²) in [4.78, 5) is 25.1. The number of amides is 1. The van der Waals surface area contributed by atoms with Crippen LogP contribution in [0.4, 0.5) is 4.79 Å². The molecule has 1 saturated heterocycles. The Morgan fingerprint density at radius 2 is 1.97 bits per heavy atom. The van der Waals surface area contributed by atoms with Gasteiger partial charge in [0, 0.05) is 0 Å². The number of alkyl carbamates (subject to hydrolysis) is 1. The summed E-state index contributed by atoms with van der Waals surface area (Å²) >= 11 is 0. The molecule has 168 valence electrons. The molecule has 1 aliphatic carbocycles. The minimum absolute atomic E-state index is 0.252. The Hall–Kier alpha value is -2.55. The van der Waals surface area contributed by atoms with Gasteiger partial charge in [0.1, 0.15) is 11.7 Å². The molecule has 1 aliphatic heterocycles. The summed E-state index contributed by atoms with van der Waals surface area (Å²) in [5.74, 6) is -0.0445. The van der Waals surface area contributed by atoms with Crippen molar-refractivity contribution in [1.29, 1.82) is 5.26 Å². The van der Waals surface area contributed by atoms with Crippen LogP contribution in [0.1, 0.15) is 76.8 Å². The topological polar surface area (TPSA) is 88.4 Å². The highest BCUT2D eigenvalue weighted by atomic mass is 16.6. The molecular weight excluding hydrogens is 392 g/mol. The van der Waals surface area contributed by atoms with Crippen LogP contribution >= 0.6 is 0 Å². The molecule has 31 heavy (non-hydrogen) atoms. The van der Waals surface area contributed by atoms with Crippen LogP contribution in [-0.4, -0.2) is 29.8 Å². The highest BCUT2D eigenvalue weighted by Crippen LogP contribution is 2.33. The third-order valence-corrected chi connectivity index (χ3v) is 6.18. The Balaban J connectivity index is 1.69. The summed E-state index contributed by atoms with van der Waals surface area (Å²) in [5, 5.41) is 12.3. The lowest BCUT2D eigenvalue weighted by atomic mass is 9.82. The molecule has 3 atom stereocenters. The summed E-state index contributed by atoms with van der Waals surface area (Å²) < 4.78 is 11.2. The van der Waals surface area contributed by atoms with Crippen LogP contribution in [0.2, 0.25) is 0 Å². The molecule has 0 radical (unpaired) electrons. The summed E-state index contributed by atoms with van der Waals surface area (Å²) in [5.41, 5.74) is 0.857. The Bertz CT molecular complexity index is 818. The summed E-state index contributed by atoms with van der Waals surface area (Å²) in [7, 11) is 0. The van der Waals surface area contributed by atoms with Gasteiger partial charge in [0.05, 0.1) is 23.6 Å². The average molecular weight is 427 g/mol. The molecule has 0 bridgehead atoms. The molecule has 1 amide bonds. The molecule has 0 unspecified atom stereocenters. The van der Waals surface area contributed by atoms with E-state index in [9.17, 15) is 14.9 Å². The first-order valence-corrected chi connectivity index (χ1v) is 11.4. The maximum atomic E-state index is 12.7. The number of hydrogen-bond acceptors (Lipinski definition) is 5. The van der Waals surface area contributed by atoms with E-state index in [-0.39, 0.29) is 24.0 Å². The van der Waals surface area contributed by atoms with E-state index in [0.29, 0.717) is 24.3 Å². The Kier molecular flexibility index (Phi) is 7.59. The number of nitrogens with one attached hydrogen (secondary N) is 1. The molecular formula is C25H34N2O4. The standard InChI is InChI=1S/C25H34N2O4/c1-25(2,3)31-24(29)27-21(13-17-9-5-4-6-10-17)22-15-20(23(28)30-22)14-18-11-7-8-12-19(18)16-26/h7-8,11-12,17,20-22H,4-6,9-10,13-15H2,1-3H3,(H,27,29)/t20-,21+,22+/m1/s1. The molecule has 1 aromatic rings. The number of cyclic esters (lactones) is 1. The number of esters is 1. The van der Waals surface area contributed by atoms with Gasteiger partial charge in [-0.25, -0.2) is 4.79 Å². The first-order valence-electron chi connectivity index (χ1n) is 11.4.